The number of carboxylic acid groups (broad SMARTS) is 1. The van der Waals surface area contributed by atoms with Gasteiger partial charge in [0.05, 0.1) is 6.54 Å². The van der Waals surface area contributed by atoms with Crippen LogP contribution in [0.25, 0.3) is 0 Å². The van der Waals surface area contributed by atoms with Gasteiger partial charge in [-0.05, 0) is 26.3 Å². The summed E-state index contributed by atoms with van der Waals surface area (Å²) < 4.78 is 5.28. The summed E-state index contributed by atoms with van der Waals surface area (Å²) in [6.07, 6.45) is -0.924. The maximum Gasteiger partial charge on any atom is 0.411 e. The number of hydrogen-bond acceptors (Lipinski definition) is 4. The number of carbonyl (C=O) groups excluding carboxylic acids is 2. The molecule has 0 saturated carbocycles. The fourth-order valence-electron chi connectivity index (χ4n) is 2.72. The number of nitrogens with zero attached hydrogens (tertiary/aromatic N) is 1. The zero-order valence-electron chi connectivity index (χ0n) is 13.5. The van der Waals surface area contributed by atoms with Gasteiger partial charge in [0.15, 0.2) is 11.3 Å². The van der Waals surface area contributed by atoms with E-state index in [-0.39, 0.29) is 25.2 Å². The fourth-order valence-corrected chi connectivity index (χ4v) is 2.72. The molecule has 6 nitrogen and oxygen atoms in total. The molecule has 0 aliphatic carbocycles. The summed E-state index contributed by atoms with van der Waals surface area (Å²) in [5.74, 6) is -1.48. The van der Waals surface area contributed by atoms with Crippen LogP contribution in [-0.2, 0) is 20.7 Å². The van der Waals surface area contributed by atoms with Gasteiger partial charge in [0.25, 0.3) is 0 Å². The number of aliphatic carboxylic acids is 1. The molecular weight excluding hydrogens is 298 g/mol. The smallest absolute Gasteiger partial charge is 0.411 e. The van der Waals surface area contributed by atoms with Gasteiger partial charge in [-0.25, -0.2) is 9.59 Å². The number of rotatable bonds is 3. The van der Waals surface area contributed by atoms with Crippen LogP contribution in [0.15, 0.2) is 30.3 Å². The fraction of sp³-hybridized carbons (Fsp3) is 0.471. The average Bonchev–Trinajstić information content (AvgIpc) is 2.76. The van der Waals surface area contributed by atoms with Crippen LogP contribution in [0.1, 0.15) is 32.8 Å². The first-order valence-corrected chi connectivity index (χ1v) is 7.44. The van der Waals surface area contributed by atoms with Crippen molar-refractivity contribution in [3.8, 4) is 0 Å². The maximum absolute atomic E-state index is 12.4. The van der Waals surface area contributed by atoms with Crippen LogP contribution in [0.3, 0.4) is 0 Å². The molecule has 1 fully saturated rings. The third-order valence-corrected chi connectivity index (χ3v) is 3.69. The van der Waals surface area contributed by atoms with Gasteiger partial charge in [0, 0.05) is 12.8 Å². The highest BCUT2D eigenvalue weighted by atomic mass is 16.6. The van der Waals surface area contributed by atoms with Crippen LogP contribution in [-0.4, -0.2) is 45.5 Å². The second kappa shape index (κ2) is 6.02. The Morgan fingerprint density at radius 3 is 2.39 bits per heavy atom. The first-order valence-electron chi connectivity index (χ1n) is 7.44. The van der Waals surface area contributed by atoms with E-state index in [1.165, 1.54) is 0 Å². The number of hydrogen-bond donors (Lipinski definition) is 1. The lowest BCUT2D eigenvalue weighted by Gasteiger charge is -2.35. The number of carbonyl (C=O) groups is 3. The van der Waals surface area contributed by atoms with E-state index < -0.39 is 23.2 Å². The molecule has 1 aromatic carbocycles. The van der Waals surface area contributed by atoms with Gasteiger partial charge < -0.3 is 9.84 Å². The minimum Gasteiger partial charge on any atom is -0.479 e. The summed E-state index contributed by atoms with van der Waals surface area (Å²) in [7, 11) is 0. The van der Waals surface area contributed by atoms with Crippen molar-refractivity contribution < 1.29 is 24.2 Å². The topological polar surface area (TPSA) is 83.9 Å². The molecule has 23 heavy (non-hydrogen) atoms. The normalized spacial score (nSPS) is 21.3. The molecule has 2 rings (SSSR count). The molecule has 0 unspecified atom stereocenters. The van der Waals surface area contributed by atoms with Crippen molar-refractivity contribution in [2.75, 3.05) is 6.54 Å². The van der Waals surface area contributed by atoms with Crippen LogP contribution in [0.4, 0.5) is 4.79 Å². The van der Waals surface area contributed by atoms with Crippen molar-refractivity contribution in [2.45, 2.75) is 44.8 Å². The van der Waals surface area contributed by atoms with Gasteiger partial charge in [0.2, 0.25) is 0 Å². The van der Waals surface area contributed by atoms with Gasteiger partial charge in [0.1, 0.15) is 5.60 Å². The summed E-state index contributed by atoms with van der Waals surface area (Å²) in [6.45, 7) is 4.85. The van der Waals surface area contributed by atoms with Gasteiger partial charge >= 0.3 is 12.1 Å². The molecule has 1 saturated heterocycles. The summed E-state index contributed by atoms with van der Waals surface area (Å²) in [5.41, 5.74) is -1.61. The quantitative estimate of drug-likeness (QED) is 0.924. The molecule has 124 valence electrons. The van der Waals surface area contributed by atoms with Crippen molar-refractivity contribution in [1.29, 1.82) is 0 Å². The van der Waals surface area contributed by atoms with Crippen molar-refractivity contribution in [3.63, 3.8) is 0 Å². The summed E-state index contributed by atoms with van der Waals surface area (Å²) in [4.78, 5) is 37.3. The molecule has 1 aliphatic heterocycles. The molecule has 1 aliphatic rings. The van der Waals surface area contributed by atoms with Crippen molar-refractivity contribution in [2.24, 2.45) is 0 Å². The number of likely N-dealkylation sites (tertiary alicyclic amines) is 1. The van der Waals surface area contributed by atoms with E-state index in [9.17, 15) is 19.5 Å². The minimum atomic E-state index is -1.60. The van der Waals surface area contributed by atoms with Crippen LogP contribution in [0.2, 0.25) is 0 Å². The predicted octanol–water partition coefficient (Wildman–Crippen LogP) is 2.26. The maximum atomic E-state index is 12.4. The average molecular weight is 319 g/mol. The molecule has 1 amide bonds. The van der Waals surface area contributed by atoms with Crippen LogP contribution in [0, 0.1) is 0 Å². The first-order chi connectivity index (χ1) is 10.6. The van der Waals surface area contributed by atoms with Crippen molar-refractivity contribution in [1.82, 2.24) is 4.90 Å². The second-order valence-electron chi connectivity index (χ2n) is 6.78. The summed E-state index contributed by atoms with van der Waals surface area (Å²) in [5, 5.41) is 9.76. The van der Waals surface area contributed by atoms with Gasteiger partial charge in [-0.1, -0.05) is 30.3 Å². The van der Waals surface area contributed by atoms with Crippen molar-refractivity contribution in [3.05, 3.63) is 35.9 Å². The zero-order valence-corrected chi connectivity index (χ0v) is 13.5. The number of ether oxygens (including phenoxy) is 1. The lowest BCUT2D eigenvalue weighted by molar-refractivity contribution is -0.149. The molecule has 1 atom stereocenters. The van der Waals surface area contributed by atoms with E-state index in [1.807, 2.05) is 6.07 Å². The molecule has 1 heterocycles. The second-order valence-corrected chi connectivity index (χ2v) is 6.78. The monoisotopic (exact) mass is 319 g/mol. The molecule has 0 spiro atoms. The van der Waals surface area contributed by atoms with Crippen LogP contribution >= 0.6 is 0 Å². The highest BCUT2D eigenvalue weighted by molar-refractivity contribution is 5.98. The lowest BCUT2D eigenvalue weighted by atomic mass is 9.88. The van der Waals surface area contributed by atoms with Gasteiger partial charge in [-0.15, -0.1) is 0 Å². The Morgan fingerprint density at radius 2 is 1.87 bits per heavy atom. The molecule has 1 N–H and O–H groups in total. The number of amides is 1. The Labute approximate surface area is 135 Å². The Bertz CT molecular complexity index is 620. The largest absolute Gasteiger partial charge is 0.479 e. The van der Waals surface area contributed by atoms with Gasteiger partial charge in [-0.3, -0.25) is 9.69 Å². The Hall–Kier alpha value is -2.37. The van der Waals surface area contributed by atoms with Crippen molar-refractivity contribution >= 4 is 17.8 Å². The molecule has 0 bridgehead atoms. The van der Waals surface area contributed by atoms with E-state index in [0.29, 0.717) is 0 Å². The molecular formula is C17H21NO5. The van der Waals surface area contributed by atoms with E-state index in [1.54, 1.807) is 45.0 Å². The van der Waals surface area contributed by atoms with E-state index in [2.05, 4.69) is 0 Å². The van der Waals surface area contributed by atoms with Gasteiger partial charge in [-0.2, -0.15) is 0 Å². The zero-order chi connectivity index (χ0) is 17.3. The number of Topliss-reactive ketones (excluding diaryl/α,β-unsaturated/α-hetero) is 1. The number of benzene rings is 1. The number of carboxylic acids is 1. The third kappa shape index (κ3) is 3.70. The predicted molar refractivity (Wildman–Crippen MR) is 83.1 cm³/mol. The Kier molecular flexibility index (Phi) is 4.45. The lowest BCUT2D eigenvalue weighted by Crippen LogP contribution is -2.55. The standard InChI is InChI=1S/C17H21NO5/c1-16(2,3)23-15(22)18-11-13(19)10-17(18,14(20)21)9-12-7-5-4-6-8-12/h4-8H,9-11H2,1-3H3,(H,20,21)/t17-/m0/s1. The third-order valence-electron chi connectivity index (χ3n) is 3.69. The van der Waals surface area contributed by atoms with Crippen LogP contribution < -0.4 is 0 Å². The van der Waals surface area contributed by atoms with E-state index in [4.69, 9.17) is 4.74 Å². The first kappa shape index (κ1) is 17.0. The summed E-state index contributed by atoms with van der Waals surface area (Å²) >= 11 is 0. The van der Waals surface area contributed by atoms with Crippen LogP contribution in [0.5, 0.6) is 0 Å². The SMILES string of the molecule is CC(C)(C)OC(=O)N1CC(=O)C[C@@]1(Cc1ccccc1)C(=O)O. The Balaban J connectivity index is 2.36. The summed E-state index contributed by atoms with van der Waals surface area (Å²) in [6, 6.07) is 8.96. The highest BCUT2D eigenvalue weighted by Gasteiger charge is 2.54. The molecule has 0 radical (unpaired) electrons. The molecule has 0 aromatic heterocycles. The molecule has 1 aromatic rings. The van der Waals surface area contributed by atoms with E-state index >= 15 is 0 Å². The minimum absolute atomic E-state index is 0.0636. The number of ketones is 1. The van der Waals surface area contributed by atoms with E-state index in [0.717, 1.165) is 10.5 Å². The Morgan fingerprint density at radius 1 is 1.26 bits per heavy atom. The molecule has 6 heteroatoms. The highest BCUT2D eigenvalue weighted by Crippen LogP contribution is 2.33.